The van der Waals surface area contributed by atoms with Gasteiger partial charge < -0.3 is 15.1 Å². The molecule has 0 atom stereocenters. The van der Waals surface area contributed by atoms with E-state index in [-0.39, 0.29) is 17.7 Å². The van der Waals surface area contributed by atoms with E-state index in [1.807, 2.05) is 24.1 Å². The quantitative estimate of drug-likeness (QED) is 0.417. The summed E-state index contributed by atoms with van der Waals surface area (Å²) in [7, 11) is 0. The van der Waals surface area contributed by atoms with Crippen LogP contribution < -0.4 is 15.1 Å². The van der Waals surface area contributed by atoms with Crippen molar-refractivity contribution in [1.82, 2.24) is 14.8 Å². The Labute approximate surface area is 212 Å². The maximum absolute atomic E-state index is 12.7. The molecule has 1 aromatic carbocycles. The molecule has 10 nitrogen and oxygen atoms in total. The van der Waals surface area contributed by atoms with Crippen LogP contribution in [0.2, 0.25) is 0 Å². The van der Waals surface area contributed by atoms with E-state index in [9.17, 15) is 14.9 Å². The number of hydrogen-bond acceptors (Lipinski definition) is 8. The van der Waals surface area contributed by atoms with Crippen molar-refractivity contribution in [3.05, 3.63) is 57.9 Å². The minimum absolute atomic E-state index is 0.245. The van der Waals surface area contributed by atoms with Crippen molar-refractivity contribution in [1.29, 1.82) is 0 Å². The molecule has 1 aromatic heterocycles. The van der Waals surface area contributed by atoms with Crippen molar-refractivity contribution >= 4 is 17.3 Å². The van der Waals surface area contributed by atoms with Gasteiger partial charge in [0.2, 0.25) is 5.91 Å². The number of carbonyl (C=O) groups is 1. The van der Waals surface area contributed by atoms with E-state index in [4.69, 9.17) is 0 Å². The summed E-state index contributed by atoms with van der Waals surface area (Å²) >= 11 is 0. The summed E-state index contributed by atoms with van der Waals surface area (Å²) in [5, 5.41) is 13.2. The predicted molar refractivity (Wildman–Crippen MR) is 139 cm³/mol. The zero-order chi connectivity index (χ0) is 25.5. The lowest BCUT2D eigenvalue weighted by atomic mass is 10.0. The molecular formula is C26H36N6O4. The van der Waals surface area contributed by atoms with Crippen molar-refractivity contribution in [2.45, 2.75) is 45.6 Å². The van der Waals surface area contributed by atoms with Gasteiger partial charge in [0.1, 0.15) is 5.75 Å². The fraction of sp³-hybridized carbons (Fsp3) is 0.538. The van der Waals surface area contributed by atoms with Gasteiger partial charge in [-0.05, 0) is 75.5 Å². The lowest BCUT2D eigenvalue weighted by Gasteiger charge is -2.36. The number of pyridine rings is 1. The van der Waals surface area contributed by atoms with Crippen LogP contribution in [0.1, 0.15) is 36.9 Å². The molecule has 1 amide bonds. The number of rotatable bonds is 9. The Hall–Kier alpha value is -3.40. The molecule has 2 aliphatic heterocycles. The van der Waals surface area contributed by atoms with Gasteiger partial charge in [0, 0.05) is 63.1 Å². The van der Waals surface area contributed by atoms with Crippen LogP contribution in [0.25, 0.3) is 0 Å². The van der Waals surface area contributed by atoms with Gasteiger partial charge in [-0.1, -0.05) is 0 Å². The smallest absolute Gasteiger partial charge is 0.299 e. The molecule has 1 N–H and O–H groups in total. The van der Waals surface area contributed by atoms with Crippen LogP contribution in [0.3, 0.4) is 0 Å². The Morgan fingerprint density at radius 3 is 2.50 bits per heavy atom. The van der Waals surface area contributed by atoms with Crippen molar-refractivity contribution < 1.29 is 14.7 Å². The van der Waals surface area contributed by atoms with Crippen LogP contribution >= 0.6 is 0 Å². The number of aryl methyl sites for hydroxylation is 2. The first kappa shape index (κ1) is 25.7. The number of nitrogens with one attached hydrogen (secondary N) is 1. The summed E-state index contributed by atoms with van der Waals surface area (Å²) in [4.78, 5) is 39.1. The molecule has 10 heteroatoms. The maximum Gasteiger partial charge on any atom is 0.299 e. The van der Waals surface area contributed by atoms with E-state index in [2.05, 4.69) is 37.1 Å². The van der Waals surface area contributed by atoms with Gasteiger partial charge in [-0.15, -0.1) is 10.1 Å². The molecule has 0 saturated carbocycles. The molecule has 4 rings (SSSR count). The number of piperidine rings is 1. The summed E-state index contributed by atoms with van der Waals surface area (Å²) in [6.07, 6.45) is 5.20. The second-order valence-electron chi connectivity index (χ2n) is 9.68. The minimum atomic E-state index is -0.799. The van der Waals surface area contributed by atoms with E-state index in [1.165, 1.54) is 5.69 Å². The van der Waals surface area contributed by atoms with Crippen LogP contribution in [-0.2, 0) is 4.79 Å². The number of amides is 1. The summed E-state index contributed by atoms with van der Waals surface area (Å²) in [6, 6.07) is 9.73. The van der Waals surface area contributed by atoms with E-state index in [0.29, 0.717) is 12.0 Å². The van der Waals surface area contributed by atoms with Gasteiger partial charge in [0.25, 0.3) is 5.09 Å². The van der Waals surface area contributed by atoms with Crippen LogP contribution in [0.4, 0.5) is 11.4 Å². The summed E-state index contributed by atoms with van der Waals surface area (Å²) in [6.45, 7) is 10.3. The molecule has 194 valence electrons. The standard InChI is InChI=1S/C26H36N6O4/c1-20-18-23(6-8-25(20)36-32(34)35)28-22-9-12-31(13-10-22)26(33)4-3-11-29-14-16-30(17-15-29)24-7-5-21(2)27-19-24/h5-8,18-19,22,28H,3-4,9-17H2,1-2H3. The van der Waals surface area contributed by atoms with Gasteiger partial charge in [-0.25, -0.2) is 0 Å². The Kier molecular flexibility index (Phi) is 8.58. The highest BCUT2D eigenvalue weighted by Gasteiger charge is 2.23. The highest BCUT2D eigenvalue weighted by atomic mass is 17.0. The number of benzene rings is 1. The van der Waals surface area contributed by atoms with E-state index in [0.717, 1.165) is 76.5 Å². The van der Waals surface area contributed by atoms with E-state index >= 15 is 0 Å². The monoisotopic (exact) mass is 496 g/mol. The van der Waals surface area contributed by atoms with Crippen LogP contribution in [0.15, 0.2) is 36.5 Å². The molecule has 0 aliphatic carbocycles. The third-order valence-corrected chi connectivity index (χ3v) is 7.06. The first-order valence-electron chi connectivity index (χ1n) is 12.7. The Morgan fingerprint density at radius 2 is 1.86 bits per heavy atom. The largest absolute Gasteiger partial charge is 0.382 e. The van der Waals surface area contributed by atoms with Crippen molar-refractivity contribution in [3.63, 3.8) is 0 Å². The molecular weight excluding hydrogens is 460 g/mol. The van der Waals surface area contributed by atoms with Gasteiger partial charge in [-0.2, -0.15) is 0 Å². The molecule has 0 radical (unpaired) electrons. The van der Waals surface area contributed by atoms with Gasteiger partial charge in [0.15, 0.2) is 0 Å². The minimum Gasteiger partial charge on any atom is -0.382 e. The molecule has 0 bridgehead atoms. The Balaban J connectivity index is 1.12. The highest BCUT2D eigenvalue weighted by molar-refractivity contribution is 5.76. The lowest BCUT2D eigenvalue weighted by molar-refractivity contribution is -0.711. The Morgan fingerprint density at radius 1 is 1.11 bits per heavy atom. The second kappa shape index (κ2) is 12.0. The molecule has 2 fully saturated rings. The fourth-order valence-corrected chi connectivity index (χ4v) is 4.92. The summed E-state index contributed by atoms with van der Waals surface area (Å²) in [5.74, 6) is 0.492. The first-order valence-corrected chi connectivity index (χ1v) is 12.7. The zero-order valence-corrected chi connectivity index (χ0v) is 21.2. The fourth-order valence-electron chi connectivity index (χ4n) is 4.92. The highest BCUT2D eigenvalue weighted by Crippen LogP contribution is 2.24. The van der Waals surface area contributed by atoms with Crippen LogP contribution in [0, 0.1) is 24.0 Å². The Bertz CT molecular complexity index is 1030. The van der Waals surface area contributed by atoms with Crippen LogP contribution in [0.5, 0.6) is 5.75 Å². The third kappa shape index (κ3) is 7.07. The zero-order valence-electron chi connectivity index (χ0n) is 21.2. The molecule has 3 heterocycles. The van der Waals surface area contributed by atoms with Gasteiger partial charge >= 0.3 is 0 Å². The number of carbonyl (C=O) groups excluding carboxylic acids is 1. The van der Waals surface area contributed by atoms with Crippen molar-refractivity contribution in [2.24, 2.45) is 0 Å². The lowest BCUT2D eigenvalue weighted by Crippen LogP contribution is -2.47. The van der Waals surface area contributed by atoms with Crippen molar-refractivity contribution in [2.75, 3.05) is 56.0 Å². The molecule has 2 aliphatic rings. The van der Waals surface area contributed by atoms with Gasteiger partial charge in [-0.3, -0.25) is 19.5 Å². The predicted octanol–water partition coefficient (Wildman–Crippen LogP) is 3.27. The van der Waals surface area contributed by atoms with E-state index < -0.39 is 5.09 Å². The molecule has 36 heavy (non-hydrogen) atoms. The molecule has 0 unspecified atom stereocenters. The van der Waals surface area contributed by atoms with Crippen molar-refractivity contribution in [3.8, 4) is 5.75 Å². The number of piperazine rings is 1. The number of nitrogens with zero attached hydrogens (tertiary/aromatic N) is 5. The number of aromatic nitrogens is 1. The molecule has 2 aromatic rings. The summed E-state index contributed by atoms with van der Waals surface area (Å²) < 4.78 is 0. The average molecular weight is 497 g/mol. The second-order valence-corrected chi connectivity index (χ2v) is 9.68. The molecule has 2 saturated heterocycles. The summed E-state index contributed by atoms with van der Waals surface area (Å²) in [5.41, 5.74) is 3.84. The van der Waals surface area contributed by atoms with E-state index in [1.54, 1.807) is 19.1 Å². The SMILES string of the molecule is Cc1ccc(N2CCN(CCCC(=O)N3CCC(Nc4ccc(O[N+](=O)[O-])c(C)c4)CC3)CC2)cn1. The normalized spacial score (nSPS) is 17.2. The molecule has 0 spiro atoms. The third-order valence-electron chi connectivity index (χ3n) is 7.06. The topological polar surface area (TPSA) is 104 Å². The average Bonchev–Trinajstić information content (AvgIpc) is 2.87. The number of likely N-dealkylation sites (tertiary alicyclic amines) is 1. The number of anilines is 2. The number of hydrogen-bond donors (Lipinski definition) is 1. The first-order chi connectivity index (χ1) is 17.4. The van der Waals surface area contributed by atoms with Crippen LogP contribution in [-0.4, -0.2) is 77.6 Å². The van der Waals surface area contributed by atoms with Gasteiger partial charge in [0.05, 0.1) is 11.9 Å². The maximum atomic E-state index is 12.7.